The van der Waals surface area contributed by atoms with Crippen molar-refractivity contribution in [3.8, 4) is 0 Å². The van der Waals surface area contributed by atoms with E-state index < -0.39 is 5.91 Å². The van der Waals surface area contributed by atoms with Crippen LogP contribution in [0.15, 0.2) is 24.8 Å². The van der Waals surface area contributed by atoms with Gasteiger partial charge in [0.2, 0.25) is 5.91 Å². The highest BCUT2D eigenvalue weighted by atomic mass is 16.5. The number of aromatic nitrogens is 6. The molecule has 12 heteroatoms. The van der Waals surface area contributed by atoms with Crippen molar-refractivity contribution in [2.24, 2.45) is 5.92 Å². The molecule has 4 heterocycles. The highest BCUT2D eigenvalue weighted by Crippen LogP contribution is 2.28. The van der Waals surface area contributed by atoms with Crippen LogP contribution in [-0.4, -0.2) is 60.8 Å². The van der Waals surface area contributed by atoms with Crippen LogP contribution in [0, 0.1) is 5.92 Å². The predicted molar refractivity (Wildman–Crippen MR) is 127 cm³/mol. The minimum atomic E-state index is -0.427. The number of hydrogen-bond donors (Lipinski definition) is 3. The summed E-state index contributed by atoms with van der Waals surface area (Å²) in [4.78, 5) is 27.9. The molecule has 3 N–H and O–H groups in total. The van der Waals surface area contributed by atoms with E-state index in [-0.39, 0.29) is 11.9 Å². The van der Waals surface area contributed by atoms with Gasteiger partial charge in [0.05, 0.1) is 29.0 Å². The van der Waals surface area contributed by atoms with Gasteiger partial charge in [-0.1, -0.05) is 19.1 Å². The van der Waals surface area contributed by atoms with E-state index in [4.69, 9.17) is 4.74 Å². The summed E-state index contributed by atoms with van der Waals surface area (Å²) in [7, 11) is 0. The van der Waals surface area contributed by atoms with Gasteiger partial charge in [-0.05, 0) is 25.7 Å². The fraction of sp³-hybridized carbons (Fsp3) is 0.545. The summed E-state index contributed by atoms with van der Waals surface area (Å²) in [6.07, 6.45) is 8.51. The number of rotatable bonds is 6. The van der Waals surface area contributed by atoms with Gasteiger partial charge >= 0.3 is 0 Å². The summed E-state index contributed by atoms with van der Waals surface area (Å²) in [5.74, 6) is -0.129. The van der Waals surface area contributed by atoms with Gasteiger partial charge in [-0.25, -0.2) is 9.67 Å². The van der Waals surface area contributed by atoms with Crippen LogP contribution in [0.1, 0.15) is 50.9 Å². The van der Waals surface area contributed by atoms with E-state index in [1.807, 2.05) is 17.8 Å². The second-order valence-corrected chi connectivity index (χ2v) is 8.43. The third kappa shape index (κ3) is 6.73. The molecule has 4 rings (SSSR count). The van der Waals surface area contributed by atoms with Gasteiger partial charge in [0.15, 0.2) is 5.65 Å². The Bertz CT molecular complexity index is 1070. The molecular formula is C22H33N9O3. The van der Waals surface area contributed by atoms with Crippen LogP contribution in [-0.2, 0) is 22.6 Å². The van der Waals surface area contributed by atoms with E-state index in [2.05, 4.69) is 50.4 Å². The van der Waals surface area contributed by atoms with Crippen LogP contribution in [0.5, 0.6) is 0 Å². The first-order chi connectivity index (χ1) is 16.4. The quantitative estimate of drug-likeness (QED) is 0.462. The molecule has 34 heavy (non-hydrogen) atoms. The van der Waals surface area contributed by atoms with Gasteiger partial charge in [-0.15, -0.1) is 5.10 Å². The topological polar surface area (TPSA) is 141 Å². The molecule has 0 spiro atoms. The summed E-state index contributed by atoms with van der Waals surface area (Å²) < 4.78 is 9.01. The minimum Gasteiger partial charge on any atom is -0.381 e. The highest BCUT2D eigenvalue weighted by Gasteiger charge is 2.22. The molecule has 1 fully saturated rings. The number of aryl methyl sites for hydroxylation is 1. The standard InChI is InChI=1S/C16H22N6O3.C6H11N3/c1-3-22-15-12(9-18-22)14(19-11-4-6-25-7-5-11)13(8-17-15)16(24)21-20-10(2)23;1-6(2)5-9-4-3-7-8-9/h8-9,11H,3-7H2,1-2H3,(H,17,19)(H,20,23)(H,21,24);3-4,6H,5H2,1-2H3. The first-order valence-corrected chi connectivity index (χ1v) is 11.5. The lowest BCUT2D eigenvalue weighted by atomic mass is 10.1. The lowest BCUT2D eigenvalue weighted by molar-refractivity contribution is -0.119. The van der Waals surface area contributed by atoms with Gasteiger partial charge in [0.1, 0.15) is 0 Å². The van der Waals surface area contributed by atoms with Gasteiger partial charge in [0.25, 0.3) is 5.91 Å². The Morgan fingerprint density at radius 3 is 2.59 bits per heavy atom. The molecule has 0 radical (unpaired) electrons. The number of carbonyl (C=O) groups is 2. The zero-order valence-electron chi connectivity index (χ0n) is 20.1. The molecule has 0 aliphatic carbocycles. The Hall–Kier alpha value is -3.54. The molecule has 2 amide bonds. The Morgan fingerprint density at radius 2 is 1.97 bits per heavy atom. The molecule has 0 atom stereocenters. The van der Waals surface area contributed by atoms with Crippen molar-refractivity contribution in [3.63, 3.8) is 0 Å². The maximum absolute atomic E-state index is 12.5. The number of nitrogens with zero attached hydrogens (tertiary/aromatic N) is 6. The number of nitrogens with one attached hydrogen (secondary N) is 3. The maximum atomic E-state index is 12.5. The Balaban J connectivity index is 0.000000302. The second-order valence-electron chi connectivity index (χ2n) is 8.43. The van der Waals surface area contributed by atoms with Crippen molar-refractivity contribution in [3.05, 3.63) is 30.4 Å². The highest BCUT2D eigenvalue weighted by molar-refractivity contribution is 6.06. The molecule has 12 nitrogen and oxygen atoms in total. The van der Waals surface area contributed by atoms with E-state index in [9.17, 15) is 9.59 Å². The van der Waals surface area contributed by atoms with E-state index in [0.717, 1.165) is 24.8 Å². The second kappa shape index (κ2) is 12.1. The maximum Gasteiger partial charge on any atom is 0.273 e. The number of hydrazine groups is 1. The van der Waals surface area contributed by atoms with Crippen molar-refractivity contribution in [1.29, 1.82) is 0 Å². The molecule has 0 aromatic carbocycles. The smallest absolute Gasteiger partial charge is 0.273 e. The van der Waals surface area contributed by atoms with Gasteiger partial charge in [0, 0.05) is 51.7 Å². The van der Waals surface area contributed by atoms with E-state index in [1.54, 1.807) is 17.1 Å². The number of carbonyl (C=O) groups excluding carboxylic acids is 2. The summed E-state index contributed by atoms with van der Waals surface area (Å²) >= 11 is 0. The van der Waals surface area contributed by atoms with Gasteiger partial charge < -0.3 is 10.1 Å². The lowest BCUT2D eigenvalue weighted by Gasteiger charge is -2.25. The number of fused-ring (bicyclic) bond motifs is 1. The minimum absolute atomic E-state index is 0.205. The number of anilines is 1. The average molecular weight is 472 g/mol. The third-order valence-electron chi connectivity index (χ3n) is 5.16. The zero-order chi connectivity index (χ0) is 24.5. The van der Waals surface area contributed by atoms with Crippen LogP contribution in [0.4, 0.5) is 5.69 Å². The van der Waals surface area contributed by atoms with Crippen molar-refractivity contribution in [2.45, 2.75) is 59.7 Å². The number of amides is 2. The fourth-order valence-corrected chi connectivity index (χ4v) is 3.55. The number of hydrogen-bond acceptors (Lipinski definition) is 8. The van der Waals surface area contributed by atoms with Crippen molar-refractivity contribution >= 4 is 28.5 Å². The summed E-state index contributed by atoms with van der Waals surface area (Å²) in [5, 5.41) is 16.1. The largest absolute Gasteiger partial charge is 0.381 e. The van der Waals surface area contributed by atoms with Crippen LogP contribution >= 0.6 is 0 Å². The Kier molecular flexibility index (Phi) is 8.91. The molecule has 3 aromatic rings. The SMILES string of the molecule is CC(C)Cn1ccnn1.CCn1ncc2c(NC3CCOCC3)c(C(=O)NNC(C)=O)cnc21. The van der Waals surface area contributed by atoms with Crippen LogP contribution in [0.2, 0.25) is 0 Å². The average Bonchev–Trinajstić information content (AvgIpc) is 3.48. The van der Waals surface area contributed by atoms with Gasteiger partial charge in [-0.3, -0.25) is 25.1 Å². The Labute approximate surface area is 198 Å². The summed E-state index contributed by atoms with van der Waals surface area (Å²) in [5.41, 5.74) is 6.46. The van der Waals surface area contributed by atoms with Gasteiger partial charge in [-0.2, -0.15) is 5.10 Å². The molecule has 1 saturated heterocycles. The monoisotopic (exact) mass is 471 g/mol. The first-order valence-electron chi connectivity index (χ1n) is 11.5. The molecule has 0 unspecified atom stereocenters. The molecule has 1 aliphatic rings. The van der Waals surface area contributed by atoms with Crippen LogP contribution in [0.25, 0.3) is 11.0 Å². The predicted octanol–water partition coefficient (Wildman–Crippen LogP) is 1.76. The molecule has 0 bridgehead atoms. The molecule has 0 saturated carbocycles. The first kappa shape index (κ1) is 25.1. The van der Waals surface area contributed by atoms with Crippen LogP contribution < -0.4 is 16.2 Å². The molecule has 3 aromatic heterocycles. The van der Waals surface area contributed by atoms with E-state index in [1.165, 1.54) is 13.1 Å². The normalized spacial score (nSPS) is 13.9. The van der Waals surface area contributed by atoms with Crippen molar-refractivity contribution in [1.82, 2.24) is 40.6 Å². The van der Waals surface area contributed by atoms with E-state index >= 15 is 0 Å². The van der Waals surface area contributed by atoms with Crippen molar-refractivity contribution in [2.75, 3.05) is 18.5 Å². The Morgan fingerprint density at radius 1 is 1.21 bits per heavy atom. The summed E-state index contributed by atoms with van der Waals surface area (Å²) in [6, 6.07) is 0.205. The fourth-order valence-electron chi connectivity index (χ4n) is 3.55. The van der Waals surface area contributed by atoms with Crippen molar-refractivity contribution < 1.29 is 14.3 Å². The number of pyridine rings is 1. The molecule has 1 aliphatic heterocycles. The lowest BCUT2D eigenvalue weighted by Crippen LogP contribution is -2.41. The summed E-state index contributed by atoms with van der Waals surface area (Å²) in [6.45, 7) is 10.6. The zero-order valence-corrected chi connectivity index (χ0v) is 20.1. The molecule has 184 valence electrons. The van der Waals surface area contributed by atoms with Crippen LogP contribution in [0.3, 0.4) is 0 Å². The third-order valence-corrected chi connectivity index (χ3v) is 5.16. The molecular weight excluding hydrogens is 438 g/mol. The number of ether oxygens (including phenoxy) is 1. The van der Waals surface area contributed by atoms with E-state index in [0.29, 0.717) is 42.6 Å².